The summed E-state index contributed by atoms with van der Waals surface area (Å²) in [5.74, 6) is 5.78. The van der Waals surface area contributed by atoms with Gasteiger partial charge in [-0.15, -0.1) is 5.92 Å². The molecule has 3 heteroatoms. The molecule has 0 N–H and O–H groups in total. The molecule has 0 spiro atoms. The first kappa shape index (κ1) is 6.86. The number of hydrogen-bond acceptors (Lipinski definition) is 2. The summed E-state index contributed by atoms with van der Waals surface area (Å²) in [6.07, 6.45) is 3.39. The molecule has 58 valence electrons. The van der Waals surface area contributed by atoms with Crippen LogP contribution in [0.5, 0.6) is 0 Å². The minimum absolute atomic E-state index is 0.844. The molecule has 2 heterocycles. The van der Waals surface area contributed by atoms with Crippen molar-refractivity contribution in [1.82, 2.24) is 14.6 Å². The van der Waals surface area contributed by atoms with Crippen molar-refractivity contribution in [2.75, 3.05) is 0 Å². The average Bonchev–Trinajstić information content (AvgIpc) is 2.51. The number of pyridine rings is 1. The average molecular weight is 157 g/mol. The van der Waals surface area contributed by atoms with Gasteiger partial charge in [0.1, 0.15) is 6.33 Å². The number of hydrogen-bond donors (Lipinski definition) is 0. The summed E-state index contributed by atoms with van der Waals surface area (Å²) >= 11 is 0. The maximum Gasteiger partial charge on any atom is 0.155 e. The van der Waals surface area contributed by atoms with Crippen molar-refractivity contribution >= 4 is 5.65 Å². The highest BCUT2D eigenvalue weighted by Gasteiger charge is 1.93. The molecule has 2 aromatic rings. The van der Waals surface area contributed by atoms with E-state index in [1.54, 1.807) is 4.52 Å². The first-order valence-corrected chi connectivity index (χ1v) is 3.62. The zero-order valence-corrected chi connectivity index (χ0v) is 6.65. The van der Waals surface area contributed by atoms with E-state index >= 15 is 0 Å². The van der Waals surface area contributed by atoms with Crippen LogP contribution in [0.3, 0.4) is 0 Å². The Morgan fingerprint density at radius 2 is 2.33 bits per heavy atom. The Morgan fingerprint density at radius 3 is 3.17 bits per heavy atom. The molecule has 0 aliphatic heterocycles. The van der Waals surface area contributed by atoms with E-state index < -0.39 is 0 Å². The minimum Gasteiger partial charge on any atom is -0.220 e. The first-order valence-electron chi connectivity index (χ1n) is 3.62. The van der Waals surface area contributed by atoms with Crippen LogP contribution in [0.1, 0.15) is 12.5 Å². The molecule has 0 saturated heterocycles. The van der Waals surface area contributed by atoms with E-state index in [2.05, 4.69) is 21.9 Å². The predicted octanol–water partition coefficient (Wildman–Crippen LogP) is 1.10. The molecule has 0 aromatic carbocycles. The van der Waals surface area contributed by atoms with E-state index in [-0.39, 0.29) is 0 Å². The van der Waals surface area contributed by atoms with Gasteiger partial charge in [-0.25, -0.2) is 9.50 Å². The Morgan fingerprint density at radius 1 is 1.42 bits per heavy atom. The van der Waals surface area contributed by atoms with E-state index in [0.29, 0.717) is 0 Å². The van der Waals surface area contributed by atoms with E-state index in [4.69, 9.17) is 0 Å². The zero-order valence-electron chi connectivity index (χ0n) is 6.65. The van der Waals surface area contributed by atoms with Crippen molar-refractivity contribution in [3.8, 4) is 11.8 Å². The van der Waals surface area contributed by atoms with E-state index in [9.17, 15) is 0 Å². The second kappa shape index (κ2) is 2.67. The van der Waals surface area contributed by atoms with Gasteiger partial charge in [0.25, 0.3) is 0 Å². The lowest BCUT2D eigenvalue weighted by molar-refractivity contribution is 0.958. The van der Waals surface area contributed by atoms with Gasteiger partial charge < -0.3 is 0 Å². The molecular formula is C9H7N3. The fraction of sp³-hybridized carbons (Fsp3) is 0.111. The third-order valence-corrected chi connectivity index (χ3v) is 1.54. The summed E-state index contributed by atoms with van der Waals surface area (Å²) in [6, 6.07) is 3.83. The molecule has 0 bridgehead atoms. The Balaban J connectivity index is 2.65. The van der Waals surface area contributed by atoms with Crippen molar-refractivity contribution in [2.24, 2.45) is 0 Å². The maximum atomic E-state index is 4.02. The van der Waals surface area contributed by atoms with Gasteiger partial charge in [0.05, 0.1) is 0 Å². The van der Waals surface area contributed by atoms with Gasteiger partial charge in [0.2, 0.25) is 0 Å². The molecule has 0 fully saturated rings. The Kier molecular flexibility index (Phi) is 1.52. The summed E-state index contributed by atoms with van der Waals surface area (Å²) in [4.78, 5) is 4.02. The van der Waals surface area contributed by atoms with Crippen molar-refractivity contribution in [1.29, 1.82) is 0 Å². The molecule has 0 atom stereocenters. The molecule has 0 amide bonds. The van der Waals surface area contributed by atoms with Gasteiger partial charge >= 0.3 is 0 Å². The van der Waals surface area contributed by atoms with Crippen molar-refractivity contribution < 1.29 is 0 Å². The Hall–Kier alpha value is -1.82. The number of rotatable bonds is 0. The summed E-state index contributed by atoms with van der Waals surface area (Å²) in [6.45, 7) is 1.81. The lowest BCUT2D eigenvalue weighted by atomic mass is 10.3. The summed E-state index contributed by atoms with van der Waals surface area (Å²) in [5, 5.41) is 4.00. The topological polar surface area (TPSA) is 30.2 Å². The van der Waals surface area contributed by atoms with Crippen LogP contribution >= 0.6 is 0 Å². The number of fused-ring (bicyclic) bond motifs is 1. The standard InChI is InChI=1S/C9H7N3/c1-2-3-8-4-5-9-10-7-11-12(9)6-8/h4-7H,1H3. The normalized spacial score (nSPS) is 9.42. The first-order chi connectivity index (χ1) is 5.90. The Labute approximate surface area is 70.1 Å². The highest BCUT2D eigenvalue weighted by Crippen LogP contribution is 2.00. The quantitative estimate of drug-likeness (QED) is 0.536. The molecule has 12 heavy (non-hydrogen) atoms. The van der Waals surface area contributed by atoms with Gasteiger partial charge in [-0.05, 0) is 19.1 Å². The van der Waals surface area contributed by atoms with Gasteiger partial charge in [-0.1, -0.05) is 5.92 Å². The molecule has 2 aromatic heterocycles. The van der Waals surface area contributed by atoms with Crippen LogP contribution in [0.15, 0.2) is 24.7 Å². The molecule has 0 radical (unpaired) electrons. The molecule has 2 rings (SSSR count). The lowest BCUT2D eigenvalue weighted by Gasteiger charge is -1.91. The van der Waals surface area contributed by atoms with Crippen molar-refractivity contribution in [3.05, 3.63) is 30.2 Å². The SMILES string of the molecule is CC#Cc1ccc2ncnn2c1. The summed E-state index contributed by atoms with van der Waals surface area (Å²) < 4.78 is 1.71. The van der Waals surface area contributed by atoms with Crippen molar-refractivity contribution in [3.63, 3.8) is 0 Å². The highest BCUT2D eigenvalue weighted by atomic mass is 15.3. The largest absolute Gasteiger partial charge is 0.220 e. The summed E-state index contributed by atoms with van der Waals surface area (Å²) in [7, 11) is 0. The molecule has 0 saturated carbocycles. The molecule has 0 aliphatic carbocycles. The summed E-state index contributed by atoms with van der Waals surface area (Å²) in [5.41, 5.74) is 1.80. The molecular weight excluding hydrogens is 150 g/mol. The van der Waals surface area contributed by atoms with Crippen LogP contribution in [0.2, 0.25) is 0 Å². The van der Waals surface area contributed by atoms with E-state index in [1.807, 2.05) is 25.3 Å². The van der Waals surface area contributed by atoms with Gasteiger partial charge in [0, 0.05) is 11.8 Å². The fourth-order valence-electron chi connectivity index (χ4n) is 1.04. The van der Waals surface area contributed by atoms with Crippen LogP contribution in [0.4, 0.5) is 0 Å². The third kappa shape index (κ3) is 1.04. The number of nitrogens with zero attached hydrogens (tertiary/aromatic N) is 3. The predicted molar refractivity (Wildman–Crippen MR) is 45.5 cm³/mol. The number of aromatic nitrogens is 3. The maximum absolute atomic E-state index is 4.02. The highest BCUT2D eigenvalue weighted by molar-refractivity contribution is 5.42. The van der Waals surface area contributed by atoms with E-state index in [0.717, 1.165) is 11.2 Å². The molecule has 0 unspecified atom stereocenters. The van der Waals surface area contributed by atoms with Gasteiger partial charge in [0.15, 0.2) is 5.65 Å². The van der Waals surface area contributed by atoms with Crippen LogP contribution < -0.4 is 0 Å². The second-order valence-electron chi connectivity index (χ2n) is 2.36. The second-order valence-corrected chi connectivity index (χ2v) is 2.36. The van der Waals surface area contributed by atoms with Gasteiger partial charge in [-0.3, -0.25) is 0 Å². The smallest absolute Gasteiger partial charge is 0.155 e. The monoisotopic (exact) mass is 157 g/mol. The fourth-order valence-corrected chi connectivity index (χ4v) is 1.04. The van der Waals surface area contributed by atoms with Crippen LogP contribution in [0, 0.1) is 11.8 Å². The van der Waals surface area contributed by atoms with Crippen molar-refractivity contribution in [2.45, 2.75) is 6.92 Å². The Bertz CT molecular complexity index is 459. The van der Waals surface area contributed by atoms with Crippen LogP contribution in [0.25, 0.3) is 5.65 Å². The van der Waals surface area contributed by atoms with Crippen LogP contribution in [-0.4, -0.2) is 14.6 Å². The zero-order chi connectivity index (χ0) is 8.39. The molecule has 0 aliphatic rings. The van der Waals surface area contributed by atoms with Gasteiger partial charge in [-0.2, -0.15) is 5.10 Å². The lowest BCUT2D eigenvalue weighted by Crippen LogP contribution is -1.87. The van der Waals surface area contributed by atoms with Crippen LogP contribution in [-0.2, 0) is 0 Å². The third-order valence-electron chi connectivity index (χ3n) is 1.54. The molecule has 3 nitrogen and oxygen atoms in total. The van der Waals surface area contributed by atoms with E-state index in [1.165, 1.54) is 6.33 Å². The minimum atomic E-state index is 0.844.